The highest BCUT2D eigenvalue weighted by Gasteiger charge is 2.39. The van der Waals surface area contributed by atoms with Gasteiger partial charge in [0.25, 0.3) is 5.69 Å². The van der Waals surface area contributed by atoms with Crippen molar-refractivity contribution in [1.82, 2.24) is 4.31 Å². The molecule has 46 heavy (non-hydrogen) atoms. The van der Waals surface area contributed by atoms with E-state index in [1.165, 1.54) is 28.6 Å². The molecule has 5 rings (SSSR count). The number of para-hydroxylation sites is 1. The first kappa shape index (κ1) is 33.6. The highest BCUT2D eigenvalue weighted by molar-refractivity contribution is 7.89. The molecule has 1 atom stereocenters. The smallest absolute Gasteiger partial charge is 0.339 e. The zero-order valence-electron chi connectivity index (χ0n) is 27.6. The molecule has 2 aliphatic rings. The number of nitrogens with zero attached hydrogens (tertiary/aromatic N) is 2. The molecule has 0 bridgehead atoms. The lowest BCUT2D eigenvalue weighted by atomic mass is 9.79. The van der Waals surface area contributed by atoms with Crippen LogP contribution in [-0.2, 0) is 43.7 Å². The van der Waals surface area contributed by atoms with Crippen LogP contribution in [0.15, 0.2) is 41.3 Å². The van der Waals surface area contributed by atoms with Crippen LogP contribution < -0.4 is 4.74 Å². The third-order valence-electron chi connectivity index (χ3n) is 8.83. The number of nitro groups is 1. The molecule has 2 heterocycles. The van der Waals surface area contributed by atoms with Gasteiger partial charge in [0.05, 0.1) is 23.7 Å². The first-order chi connectivity index (χ1) is 21.7. The number of fused-ring (bicyclic) bond motifs is 2. The molecule has 0 aromatic heterocycles. The molecular formula is C35H42N2O8S. The fourth-order valence-corrected chi connectivity index (χ4v) is 8.29. The lowest BCUT2D eigenvalue weighted by Gasteiger charge is -2.35. The van der Waals surface area contributed by atoms with E-state index in [1.807, 2.05) is 46.8 Å². The number of nitro benzene ring substituents is 1. The van der Waals surface area contributed by atoms with Crippen molar-refractivity contribution < 1.29 is 32.3 Å². The van der Waals surface area contributed by atoms with Crippen LogP contribution in [0, 0.1) is 30.9 Å². The van der Waals surface area contributed by atoms with Gasteiger partial charge in [0.1, 0.15) is 5.75 Å². The Balaban J connectivity index is 1.75. The van der Waals surface area contributed by atoms with E-state index >= 15 is 0 Å². The molecule has 246 valence electrons. The summed E-state index contributed by atoms with van der Waals surface area (Å²) in [4.78, 5) is 24.4. The van der Waals surface area contributed by atoms with Gasteiger partial charge in [-0.3, -0.25) is 10.1 Å². The molecule has 0 N–H and O–H groups in total. The maximum absolute atomic E-state index is 13.9. The summed E-state index contributed by atoms with van der Waals surface area (Å²) >= 11 is 0. The average Bonchev–Trinajstić information content (AvgIpc) is 3.01. The number of sulfonamides is 1. The molecule has 0 radical (unpaired) electrons. The molecule has 0 amide bonds. The summed E-state index contributed by atoms with van der Waals surface area (Å²) in [7, 11) is -4.20. The highest BCUT2D eigenvalue weighted by Crippen LogP contribution is 2.46. The number of rotatable bonds is 8. The van der Waals surface area contributed by atoms with Crippen molar-refractivity contribution in [3.8, 4) is 16.9 Å². The first-order valence-corrected chi connectivity index (χ1v) is 17.1. The summed E-state index contributed by atoms with van der Waals surface area (Å²) in [6, 6.07) is 9.39. The van der Waals surface area contributed by atoms with Crippen LogP contribution in [-0.4, -0.2) is 49.0 Å². The zero-order valence-corrected chi connectivity index (χ0v) is 28.4. The number of benzene rings is 3. The van der Waals surface area contributed by atoms with Crippen LogP contribution in [0.25, 0.3) is 11.1 Å². The summed E-state index contributed by atoms with van der Waals surface area (Å²) in [6.45, 7) is 14.4. The minimum atomic E-state index is -4.20. The van der Waals surface area contributed by atoms with Crippen molar-refractivity contribution in [1.29, 1.82) is 0 Å². The third-order valence-corrected chi connectivity index (χ3v) is 10.7. The van der Waals surface area contributed by atoms with Crippen LogP contribution in [0.3, 0.4) is 0 Å². The molecule has 1 unspecified atom stereocenters. The molecular weight excluding hydrogens is 608 g/mol. The van der Waals surface area contributed by atoms with Crippen molar-refractivity contribution in [3.05, 3.63) is 85.5 Å². The van der Waals surface area contributed by atoms with E-state index in [-0.39, 0.29) is 24.6 Å². The summed E-state index contributed by atoms with van der Waals surface area (Å²) in [5.74, 6) is 0.354. The molecule has 3 aromatic rings. The van der Waals surface area contributed by atoms with Gasteiger partial charge in [-0.25, -0.2) is 13.2 Å². The molecule has 3 aromatic carbocycles. The lowest BCUT2D eigenvalue weighted by Crippen LogP contribution is -2.37. The standard InChI is InChI=1S/C35H42N2O8S/c1-8-43-34(38)33(45-35(5,6)7)32-22(3)24-17-18-36(46(41,42)30-14-10-9-13-28(30)37(39)40)20-27(24)23(4)31(32)26-15-16-29-25(21(26)2)12-11-19-44-29/h9-10,13-16,33H,8,11-12,17-20H2,1-7H3. The summed E-state index contributed by atoms with van der Waals surface area (Å²) in [5, 5.41) is 11.7. The first-order valence-electron chi connectivity index (χ1n) is 15.7. The lowest BCUT2D eigenvalue weighted by molar-refractivity contribution is -0.387. The molecule has 0 aliphatic carbocycles. The Morgan fingerprint density at radius 1 is 1.02 bits per heavy atom. The molecule has 0 fully saturated rings. The van der Waals surface area contributed by atoms with Crippen LogP contribution in [0.2, 0.25) is 0 Å². The number of esters is 1. The minimum Gasteiger partial charge on any atom is -0.493 e. The molecule has 0 saturated heterocycles. The van der Waals surface area contributed by atoms with E-state index < -0.39 is 38.3 Å². The monoisotopic (exact) mass is 650 g/mol. The second-order valence-corrected chi connectivity index (χ2v) is 14.7. The SMILES string of the molecule is CCOC(=O)C(OC(C)(C)C)c1c(C)c2c(c(C)c1-c1ccc3c(c1C)CCCO3)CN(S(=O)(=O)c1ccccc1[N+](=O)[O-])CC2. The fourth-order valence-electron chi connectivity index (χ4n) is 6.72. The van der Waals surface area contributed by atoms with Crippen molar-refractivity contribution in [3.63, 3.8) is 0 Å². The Hall–Kier alpha value is -3.80. The van der Waals surface area contributed by atoms with Crippen LogP contribution in [0.4, 0.5) is 5.69 Å². The summed E-state index contributed by atoms with van der Waals surface area (Å²) in [6.07, 6.45) is 1.08. The maximum Gasteiger partial charge on any atom is 0.339 e. The van der Waals surface area contributed by atoms with Crippen molar-refractivity contribution in [2.24, 2.45) is 0 Å². The number of hydrogen-bond donors (Lipinski definition) is 0. The van der Waals surface area contributed by atoms with Crippen LogP contribution in [0.1, 0.15) is 79.2 Å². The molecule has 11 heteroatoms. The number of carbonyl (C=O) groups excluding carboxylic acids is 1. The number of hydrogen-bond acceptors (Lipinski definition) is 8. The zero-order chi connectivity index (χ0) is 33.6. The third kappa shape index (κ3) is 6.15. The van der Waals surface area contributed by atoms with Gasteiger partial charge in [0.2, 0.25) is 10.0 Å². The van der Waals surface area contributed by atoms with E-state index in [0.29, 0.717) is 18.6 Å². The molecule has 2 aliphatic heterocycles. The Bertz CT molecular complexity index is 1810. The van der Waals surface area contributed by atoms with Gasteiger partial charge in [-0.05, 0) is 124 Å². The van der Waals surface area contributed by atoms with Crippen molar-refractivity contribution >= 4 is 21.7 Å². The largest absolute Gasteiger partial charge is 0.493 e. The Morgan fingerprint density at radius 3 is 2.41 bits per heavy atom. The Labute approximate surface area is 270 Å². The van der Waals surface area contributed by atoms with Gasteiger partial charge < -0.3 is 14.2 Å². The number of ether oxygens (including phenoxy) is 3. The Kier molecular flexibility index (Phi) is 9.32. The Morgan fingerprint density at radius 2 is 1.74 bits per heavy atom. The minimum absolute atomic E-state index is 0.0287. The maximum atomic E-state index is 13.9. The van der Waals surface area contributed by atoms with Gasteiger partial charge in [-0.15, -0.1) is 0 Å². The summed E-state index contributed by atoms with van der Waals surface area (Å²) < 4.78 is 47.1. The van der Waals surface area contributed by atoms with Gasteiger partial charge >= 0.3 is 5.97 Å². The topological polar surface area (TPSA) is 125 Å². The molecule has 10 nitrogen and oxygen atoms in total. The van der Waals surface area contributed by atoms with E-state index in [4.69, 9.17) is 14.2 Å². The van der Waals surface area contributed by atoms with Gasteiger partial charge in [0.15, 0.2) is 11.0 Å². The van der Waals surface area contributed by atoms with E-state index in [9.17, 15) is 23.3 Å². The molecule has 0 saturated carbocycles. The predicted molar refractivity (Wildman–Crippen MR) is 175 cm³/mol. The second-order valence-electron chi connectivity index (χ2n) is 12.8. The quantitative estimate of drug-likeness (QED) is 0.150. The van der Waals surface area contributed by atoms with Crippen molar-refractivity contribution in [2.45, 2.75) is 90.9 Å². The average molecular weight is 651 g/mol. The van der Waals surface area contributed by atoms with Crippen LogP contribution in [0.5, 0.6) is 5.75 Å². The van der Waals surface area contributed by atoms with E-state index in [1.54, 1.807) is 6.92 Å². The predicted octanol–water partition coefficient (Wildman–Crippen LogP) is 6.68. The molecule has 0 spiro atoms. The highest BCUT2D eigenvalue weighted by atomic mass is 32.2. The summed E-state index contributed by atoms with van der Waals surface area (Å²) in [5.41, 5.74) is 6.83. The van der Waals surface area contributed by atoms with E-state index in [0.717, 1.165) is 63.1 Å². The second kappa shape index (κ2) is 12.8. The van der Waals surface area contributed by atoms with Crippen LogP contribution >= 0.6 is 0 Å². The van der Waals surface area contributed by atoms with Crippen molar-refractivity contribution in [2.75, 3.05) is 19.8 Å². The fraction of sp³-hybridized carbons (Fsp3) is 0.457. The van der Waals surface area contributed by atoms with Gasteiger partial charge in [-0.2, -0.15) is 4.31 Å². The van der Waals surface area contributed by atoms with Gasteiger partial charge in [0, 0.05) is 24.7 Å². The number of carbonyl (C=O) groups is 1. The van der Waals surface area contributed by atoms with Gasteiger partial charge in [-0.1, -0.05) is 18.2 Å². The normalized spacial score (nSPS) is 15.8. The van der Waals surface area contributed by atoms with E-state index in [2.05, 4.69) is 6.92 Å².